The van der Waals surface area contributed by atoms with Crippen LogP contribution in [-0.4, -0.2) is 6.85 Å². The van der Waals surface area contributed by atoms with E-state index in [1.54, 1.807) is 0 Å². The second-order valence-corrected chi connectivity index (χ2v) is 22.0. The zero-order valence-electron chi connectivity index (χ0n) is 38.6. The Hall–Kier alpha value is -7.34. The minimum Gasteiger partial charge on any atom is -0.456 e. The third-order valence-corrected chi connectivity index (χ3v) is 17.8. The summed E-state index contributed by atoms with van der Waals surface area (Å²) in [5.41, 5.74) is 20.7. The molecule has 0 spiro atoms. The Kier molecular flexibility index (Phi) is 7.65. The first kappa shape index (κ1) is 38.7. The predicted molar refractivity (Wildman–Crippen MR) is 287 cm³/mol. The van der Waals surface area contributed by atoms with Crippen molar-refractivity contribution < 1.29 is 4.42 Å². The third-order valence-electron chi connectivity index (χ3n) is 16.6. The van der Waals surface area contributed by atoms with Gasteiger partial charge < -0.3 is 14.1 Å². The van der Waals surface area contributed by atoms with E-state index in [4.69, 9.17) is 4.42 Å². The van der Waals surface area contributed by atoms with Crippen molar-refractivity contribution >= 4 is 99.7 Å². The average molecular weight is 891 g/mol. The average Bonchev–Trinajstić information content (AvgIpc) is 3.95. The van der Waals surface area contributed by atoms with Crippen molar-refractivity contribution in [1.82, 2.24) is 0 Å². The molecule has 0 N–H and O–H groups in total. The Morgan fingerprint density at radius 3 is 1.99 bits per heavy atom. The van der Waals surface area contributed by atoms with E-state index < -0.39 is 5.41 Å². The highest BCUT2D eigenvalue weighted by Crippen LogP contribution is 2.61. The molecule has 15 rings (SSSR count). The highest BCUT2D eigenvalue weighted by atomic mass is 32.1. The molecule has 0 radical (unpaired) electrons. The van der Waals surface area contributed by atoms with Crippen molar-refractivity contribution in [2.75, 3.05) is 9.71 Å². The minimum atomic E-state index is -0.604. The molecule has 0 fully saturated rings. The molecule has 0 bridgehead atoms. The van der Waals surface area contributed by atoms with Crippen LogP contribution in [0.4, 0.5) is 28.4 Å². The van der Waals surface area contributed by atoms with Crippen molar-refractivity contribution in [2.45, 2.75) is 56.8 Å². The fourth-order valence-electron chi connectivity index (χ4n) is 13.4. The zero-order chi connectivity index (χ0) is 45.3. The van der Waals surface area contributed by atoms with Crippen LogP contribution in [0.5, 0.6) is 0 Å². The van der Waals surface area contributed by atoms with Crippen LogP contribution in [0.25, 0.3) is 53.2 Å². The molecule has 11 aromatic rings. The summed E-state index contributed by atoms with van der Waals surface area (Å²) < 4.78 is 9.49. The van der Waals surface area contributed by atoms with Gasteiger partial charge in [0.05, 0.1) is 16.5 Å². The summed E-state index contributed by atoms with van der Waals surface area (Å²) in [4.78, 5) is 5.42. The van der Waals surface area contributed by atoms with Crippen molar-refractivity contribution in [3.63, 3.8) is 0 Å². The van der Waals surface area contributed by atoms with Crippen molar-refractivity contribution in [3.05, 3.63) is 221 Å². The van der Waals surface area contributed by atoms with E-state index in [1.165, 1.54) is 116 Å². The lowest BCUT2D eigenvalue weighted by Crippen LogP contribution is -2.62. The van der Waals surface area contributed by atoms with Crippen molar-refractivity contribution in [2.24, 2.45) is 0 Å². The van der Waals surface area contributed by atoms with E-state index in [1.807, 2.05) is 11.3 Å². The number of anilines is 5. The lowest BCUT2D eigenvalue weighted by Gasteiger charge is -2.52. The van der Waals surface area contributed by atoms with Gasteiger partial charge in [-0.3, -0.25) is 0 Å². The van der Waals surface area contributed by atoms with Gasteiger partial charge >= 0.3 is 6.85 Å². The molecule has 2 aromatic heterocycles. The third kappa shape index (κ3) is 4.84. The summed E-state index contributed by atoms with van der Waals surface area (Å²) in [5, 5.41) is 4.91. The van der Waals surface area contributed by atoms with Crippen molar-refractivity contribution in [3.8, 4) is 11.1 Å². The summed E-state index contributed by atoms with van der Waals surface area (Å²) in [6.07, 6.45) is 2.31. The van der Waals surface area contributed by atoms with E-state index in [9.17, 15) is 0 Å². The molecule has 1 aliphatic carbocycles. The Morgan fingerprint density at radius 1 is 0.515 bits per heavy atom. The van der Waals surface area contributed by atoms with E-state index in [0.717, 1.165) is 23.0 Å². The number of hydrogen-bond donors (Lipinski definition) is 0. The fraction of sp³-hybridized carbons (Fsp3) is 0.143. The Bertz CT molecular complexity index is 3920. The lowest BCUT2D eigenvalue weighted by atomic mass is 9.42. The molecule has 5 heteroatoms. The maximum Gasteiger partial charge on any atom is 0.333 e. The van der Waals surface area contributed by atoms with Gasteiger partial charge in [0, 0.05) is 59.4 Å². The minimum absolute atomic E-state index is 0.0179. The van der Waals surface area contributed by atoms with Crippen LogP contribution >= 0.6 is 11.3 Å². The molecule has 4 aliphatic rings. The van der Waals surface area contributed by atoms with Gasteiger partial charge in [0.15, 0.2) is 0 Å². The first-order valence-corrected chi connectivity index (χ1v) is 25.1. The smallest absolute Gasteiger partial charge is 0.333 e. The SMILES string of the molecule is CC1(C)CCC(C)(C)c2cc(N3B4c5cccc6c5N(c5ccccc5C6(c5ccccc5)c5ccccc5)c5cc6c(sc7ccccc76)c(c54)-c4ccc5oc6ccccc6c5c43)ccc21. The van der Waals surface area contributed by atoms with E-state index in [0.29, 0.717) is 0 Å². The number of benzene rings is 9. The number of hydrogen-bond acceptors (Lipinski definition) is 4. The molecule has 3 aliphatic heterocycles. The van der Waals surface area contributed by atoms with Gasteiger partial charge in [-0.1, -0.05) is 167 Å². The molecule has 324 valence electrons. The summed E-state index contributed by atoms with van der Waals surface area (Å²) in [5.74, 6) is 0. The summed E-state index contributed by atoms with van der Waals surface area (Å²) in [7, 11) is 0. The van der Waals surface area contributed by atoms with Gasteiger partial charge in [0.1, 0.15) is 11.2 Å². The molecule has 0 saturated carbocycles. The molecule has 3 nitrogen and oxygen atoms in total. The molecule has 5 heterocycles. The molecule has 0 atom stereocenters. The van der Waals surface area contributed by atoms with Crippen LogP contribution < -0.4 is 20.6 Å². The number of rotatable bonds is 3. The highest BCUT2D eigenvalue weighted by Gasteiger charge is 2.54. The molecular formula is C63H47BN2OS. The summed E-state index contributed by atoms with van der Waals surface area (Å²) in [6, 6.07) is 71.4. The van der Waals surface area contributed by atoms with E-state index >= 15 is 0 Å². The number of furan rings is 1. The molecule has 0 unspecified atom stereocenters. The first-order chi connectivity index (χ1) is 33.2. The highest BCUT2D eigenvalue weighted by molar-refractivity contribution is 7.26. The predicted octanol–water partition coefficient (Wildman–Crippen LogP) is 15.7. The van der Waals surface area contributed by atoms with E-state index in [2.05, 4.69) is 225 Å². The van der Waals surface area contributed by atoms with Gasteiger partial charge in [-0.05, 0) is 117 Å². The van der Waals surface area contributed by atoms with Gasteiger partial charge in [-0.25, -0.2) is 0 Å². The van der Waals surface area contributed by atoms with Gasteiger partial charge in [0.2, 0.25) is 0 Å². The maximum atomic E-state index is 6.85. The second-order valence-electron chi connectivity index (χ2n) is 20.9. The Labute approximate surface area is 401 Å². The monoisotopic (exact) mass is 890 g/mol. The number of para-hydroxylation sites is 3. The molecule has 0 amide bonds. The van der Waals surface area contributed by atoms with Crippen LogP contribution in [0.15, 0.2) is 192 Å². The largest absolute Gasteiger partial charge is 0.456 e. The van der Waals surface area contributed by atoms with Crippen LogP contribution in [-0.2, 0) is 16.2 Å². The quantitative estimate of drug-likeness (QED) is 0.165. The fourth-order valence-corrected chi connectivity index (χ4v) is 14.7. The molecule has 0 saturated heterocycles. The van der Waals surface area contributed by atoms with Crippen LogP contribution in [0.2, 0.25) is 0 Å². The molecule has 68 heavy (non-hydrogen) atoms. The topological polar surface area (TPSA) is 19.6 Å². The second kappa shape index (κ2) is 13.4. The number of thiophene rings is 1. The number of nitrogens with zero attached hydrogens (tertiary/aromatic N) is 2. The first-order valence-electron chi connectivity index (χ1n) is 24.3. The lowest BCUT2D eigenvalue weighted by molar-refractivity contribution is 0.332. The summed E-state index contributed by atoms with van der Waals surface area (Å²) >= 11 is 1.94. The molecule has 9 aromatic carbocycles. The van der Waals surface area contributed by atoms with Gasteiger partial charge in [-0.2, -0.15) is 0 Å². The summed E-state index contributed by atoms with van der Waals surface area (Å²) in [6.45, 7) is 9.61. The number of fused-ring (bicyclic) bond motifs is 15. The van der Waals surface area contributed by atoms with Crippen LogP contribution in [0.3, 0.4) is 0 Å². The maximum absolute atomic E-state index is 6.85. The van der Waals surface area contributed by atoms with Crippen LogP contribution in [0.1, 0.15) is 73.9 Å². The van der Waals surface area contributed by atoms with Gasteiger partial charge in [-0.15, -0.1) is 11.3 Å². The Morgan fingerprint density at radius 2 is 1.19 bits per heavy atom. The van der Waals surface area contributed by atoms with E-state index in [-0.39, 0.29) is 17.7 Å². The Balaban J connectivity index is 1.15. The van der Waals surface area contributed by atoms with Crippen LogP contribution in [0, 0.1) is 0 Å². The molecular weight excluding hydrogens is 844 g/mol. The van der Waals surface area contributed by atoms with Gasteiger partial charge in [0.25, 0.3) is 0 Å². The standard InChI is InChI=1S/C63H47BN2OS/c1-61(2)34-35-62(3,4)48-36-40(30-32-45(48)61)66-58-43(31-33-53-55(58)42-23-11-15-28-52(42)67-53)56-57-51(37-44-41-22-12-16-29-54(41)68-60(44)56)65-50-27-14-13-24-46(50)63(38-18-7-5-8-19-38,39-20-9-6-10-21-39)47-25-17-26-49(59(47)65)64(57)66/h5-33,36-37H,34-35H2,1-4H3. The zero-order valence-corrected chi connectivity index (χ0v) is 39.4. The van der Waals surface area contributed by atoms with Crippen molar-refractivity contribution in [1.29, 1.82) is 0 Å². The normalized spacial score (nSPS) is 16.7.